The van der Waals surface area contributed by atoms with Gasteiger partial charge in [-0.15, -0.1) is 0 Å². The van der Waals surface area contributed by atoms with Crippen LogP contribution in [0.1, 0.15) is 23.5 Å². The van der Waals surface area contributed by atoms with E-state index in [0.29, 0.717) is 11.5 Å². The SMILES string of the molecule is COc1cc([C@@H]2C[C@H]2N)ccc1-c1cccc(C#N)c1. The number of nitrogens with zero attached hydrogens (tertiary/aromatic N) is 1. The largest absolute Gasteiger partial charge is 0.496 e. The Morgan fingerprint density at radius 3 is 2.70 bits per heavy atom. The van der Waals surface area contributed by atoms with Crippen LogP contribution >= 0.6 is 0 Å². The minimum Gasteiger partial charge on any atom is -0.496 e. The summed E-state index contributed by atoms with van der Waals surface area (Å²) in [6, 6.07) is 16.2. The van der Waals surface area contributed by atoms with Crippen LogP contribution in [0.4, 0.5) is 0 Å². The van der Waals surface area contributed by atoms with Gasteiger partial charge < -0.3 is 10.5 Å². The van der Waals surface area contributed by atoms with Crippen LogP contribution in [-0.4, -0.2) is 13.2 Å². The standard InChI is InChI=1S/C17H16N2O/c1-20-17-8-13(15-9-16(15)19)5-6-14(17)12-4-2-3-11(7-12)10-18/h2-8,15-16H,9,19H2,1H3/t15-,16+/m0/s1. The second-order valence-electron chi connectivity index (χ2n) is 5.16. The van der Waals surface area contributed by atoms with E-state index < -0.39 is 0 Å². The summed E-state index contributed by atoms with van der Waals surface area (Å²) in [7, 11) is 1.67. The molecule has 0 saturated heterocycles. The summed E-state index contributed by atoms with van der Waals surface area (Å²) in [6.45, 7) is 0. The van der Waals surface area contributed by atoms with Gasteiger partial charge in [-0.1, -0.05) is 24.3 Å². The summed E-state index contributed by atoms with van der Waals surface area (Å²) >= 11 is 0. The Morgan fingerprint density at radius 1 is 1.25 bits per heavy atom. The van der Waals surface area contributed by atoms with E-state index in [0.717, 1.165) is 23.3 Å². The molecule has 100 valence electrons. The molecule has 0 radical (unpaired) electrons. The van der Waals surface area contributed by atoms with Crippen molar-refractivity contribution in [3.8, 4) is 22.9 Å². The van der Waals surface area contributed by atoms with Crippen LogP contribution in [0, 0.1) is 11.3 Å². The molecule has 1 saturated carbocycles. The van der Waals surface area contributed by atoms with E-state index in [4.69, 9.17) is 15.7 Å². The number of nitrogens with two attached hydrogens (primary N) is 1. The van der Waals surface area contributed by atoms with Gasteiger partial charge in [-0.05, 0) is 35.7 Å². The highest BCUT2D eigenvalue weighted by Crippen LogP contribution is 2.42. The molecule has 0 aromatic heterocycles. The lowest BCUT2D eigenvalue weighted by molar-refractivity contribution is 0.416. The van der Waals surface area contributed by atoms with Gasteiger partial charge >= 0.3 is 0 Å². The molecule has 2 aromatic carbocycles. The Labute approximate surface area is 118 Å². The van der Waals surface area contributed by atoms with Gasteiger partial charge in [0.1, 0.15) is 5.75 Å². The predicted molar refractivity (Wildman–Crippen MR) is 78.5 cm³/mol. The summed E-state index contributed by atoms with van der Waals surface area (Å²) in [4.78, 5) is 0. The summed E-state index contributed by atoms with van der Waals surface area (Å²) in [5.41, 5.74) is 9.78. The Bertz CT molecular complexity index is 688. The zero-order chi connectivity index (χ0) is 14.1. The number of benzene rings is 2. The van der Waals surface area contributed by atoms with Crippen LogP contribution < -0.4 is 10.5 Å². The van der Waals surface area contributed by atoms with Gasteiger partial charge in [-0.25, -0.2) is 0 Å². The predicted octanol–water partition coefficient (Wildman–Crippen LogP) is 3.05. The lowest BCUT2D eigenvalue weighted by Crippen LogP contribution is -2.01. The zero-order valence-electron chi connectivity index (χ0n) is 11.3. The zero-order valence-corrected chi connectivity index (χ0v) is 11.3. The second-order valence-corrected chi connectivity index (χ2v) is 5.16. The van der Waals surface area contributed by atoms with Crippen molar-refractivity contribution < 1.29 is 4.74 Å². The summed E-state index contributed by atoms with van der Waals surface area (Å²) in [5, 5.41) is 8.99. The van der Waals surface area contributed by atoms with Crippen molar-refractivity contribution in [3.63, 3.8) is 0 Å². The lowest BCUT2D eigenvalue weighted by Gasteiger charge is -2.11. The van der Waals surface area contributed by atoms with Gasteiger partial charge in [0, 0.05) is 17.5 Å². The monoisotopic (exact) mass is 264 g/mol. The first-order valence-electron chi connectivity index (χ1n) is 6.67. The van der Waals surface area contributed by atoms with Crippen LogP contribution in [0.2, 0.25) is 0 Å². The first-order valence-corrected chi connectivity index (χ1v) is 6.67. The third-order valence-corrected chi connectivity index (χ3v) is 3.80. The van der Waals surface area contributed by atoms with Crippen molar-refractivity contribution in [2.45, 2.75) is 18.4 Å². The fraction of sp³-hybridized carbons (Fsp3) is 0.235. The highest BCUT2D eigenvalue weighted by molar-refractivity contribution is 5.72. The number of ether oxygens (including phenoxy) is 1. The maximum atomic E-state index is 8.99. The minimum absolute atomic E-state index is 0.285. The Balaban J connectivity index is 2.02. The van der Waals surface area contributed by atoms with Crippen LogP contribution in [0.3, 0.4) is 0 Å². The van der Waals surface area contributed by atoms with Crippen molar-refractivity contribution in [1.82, 2.24) is 0 Å². The molecule has 1 aliphatic rings. The molecule has 0 unspecified atom stereocenters. The molecule has 20 heavy (non-hydrogen) atoms. The van der Waals surface area contributed by atoms with Gasteiger partial charge in [-0.2, -0.15) is 5.26 Å². The van der Waals surface area contributed by atoms with Crippen molar-refractivity contribution in [2.24, 2.45) is 5.73 Å². The van der Waals surface area contributed by atoms with Crippen LogP contribution in [-0.2, 0) is 0 Å². The third kappa shape index (κ3) is 2.26. The fourth-order valence-corrected chi connectivity index (χ4v) is 2.53. The smallest absolute Gasteiger partial charge is 0.126 e. The number of hydrogen-bond acceptors (Lipinski definition) is 3. The first kappa shape index (κ1) is 12.7. The second kappa shape index (κ2) is 4.99. The highest BCUT2D eigenvalue weighted by atomic mass is 16.5. The van der Waals surface area contributed by atoms with Gasteiger partial charge in [0.25, 0.3) is 0 Å². The molecule has 3 heteroatoms. The van der Waals surface area contributed by atoms with Gasteiger partial charge in [-0.3, -0.25) is 0 Å². The molecule has 2 N–H and O–H groups in total. The summed E-state index contributed by atoms with van der Waals surface area (Å²) < 4.78 is 5.50. The molecule has 3 nitrogen and oxygen atoms in total. The molecule has 2 aromatic rings. The Morgan fingerprint density at radius 2 is 2.05 bits per heavy atom. The van der Waals surface area contributed by atoms with E-state index in [2.05, 4.69) is 24.3 Å². The topological polar surface area (TPSA) is 59.0 Å². The van der Waals surface area contributed by atoms with E-state index in [-0.39, 0.29) is 6.04 Å². The van der Waals surface area contributed by atoms with Gasteiger partial charge in [0.2, 0.25) is 0 Å². The molecular weight excluding hydrogens is 248 g/mol. The van der Waals surface area contributed by atoms with Crippen LogP contribution in [0.5, 0.6) is 5.75 Å². The first-order chi connectivity index (χ1) is 9.72. The molecule has 0 spiro atoms. The molecule has 0 bridgehead atoms. The molecule has 1 aliphatic carbocycles. The average molecular weight is 264 g/mol. The molecule has 1 fully saturated rings. The molecule has 0 aliphatic heterocycles. The van der Waals surface area contributed by atoms with Crippen LogP contribution in [0.15, 0.2) is 42.5 Å². The average Bonchev–Trinajstić information content (AvgIpc) is 3.23. The van der Waals surface area contributed by atoms with Crippen molar-refractivity contribution in [2.75, 3.05) is 7.11 Å². The number of nitriles is 1. The fourth-order valence-electron chi connectivity index (χ4n) is 2.53. The summed E-state index contributed by atoms with van der Waals surface area (Å²) in [6.07, 6.45) is 1.05. The Hall–Kier alpha value is -2.31. The van der Waals surface area contributed by atoms with E-state index in [1.807, 2.05) is 18.2 Å². The molecular formula is C17H16N2O. The van der Waals surface area contributed by atoms with E-state index >= 15 is 0 Å². The van der Waals surface area contributed by atoms with Crippen molar-refractivity contribution >= 4 is 0 Å². The highest BCUT2D eigenvalue weighted by Gasteiger charge is 2.35. The third-order valence-electron chi connectivity index (χ3n) is 3.80. The van der Waals surface area contributed by atoms with E-state index in [9.17, 15) is 0 Å². The maximum absolute atomic E-state index is 8.99. The molecule has 2 atom stereocenters. The quantitative estimate of drug-likeness (QED) is 0.926. The van der Waals surface area contributed by atoms with Gasteiger partial charge in [0.15, 0.2) is 0 Å². The van der Waals surface area contributed by atoms with Crippen molar-refractivity contribution in [1.29, 1.82) is 5.26 Å². The van der Waals surface area contributed by atoms with E-state index in [1.54, 1.807) is 13.2 Å². The molecule has 0 amide bonds. The lowest BCUT2D eigenvalue weighted by atomic mass is 9.99. The Kier molecular flexibility index (Phi) is 3.17. The number of rotatable bonds is 3. The van der Waals surface area contributed by atoms with Crippen molar-refractivity contribution in [3.05, 3.63) is 53.6 Å². The summed E-state index contributed by atoms with van der Waals surface area (Å²) in [5.74, 6) is 1.29. The molecule has 3 rings (SSSR count). The van der Waals surface area contributed by atoms with Crippen LogP contribution in [0.25, 0.3) is 11.1 Å². The number of methoxy groups -OCH3 is 1. The minimum atomic E-state index is 0.285. The van der Waals surface area contributed by atoms with E-state index in [1.165, 1.54) is 5.56 Å². The number of hydrogen-bond donors (Lipinski definition) is 1. The molecule has 0 heterocycles. The van der Waals surface area contributed by atoms with Gasteiger partial charge in [0.05, 0.1) is 18.7 Å². The maximum Gasteiger partial charge on any atom is 0.126 e. The normalized spacial score (nSPS) is 20.2.